The molecular weight excluding hydrogens is 438 g/mol. The molecule has 0 saturated carbocycles. The highest BCUT2D eigenvalue weighted by molar-refractivity contribution is 5.85. The zero-order valence-corrected chi connectivity index (χ0v) is 17.2. The lowest BCUT2D eigenvalue weighted by Gasteiger charge is -2.50. The van der Waals surface area contributed by atoms with Crippen molar-refractivity contribution in [3.63, 3.8) is 0 Å². The zero-order chi connectivity index (χ0) is 23.8. The molecule has 0 radical (unpaired) electrons. The molecule has 170 valence electrons. The van der Waals surface area contributed by atoms with Crippen LogP contribution in [0.4, 0.5) is 23.2 Å². The van der Waals surface area contributed by atoms with E-state index in [2.05, 4.69) is 0 Å². The Bertz CT molecular complexity index is 1200. The first-order valence-corrected chi connectivity index (χ1v) is 10.1. The number of rotatable bonds is 4. The van der Waals surface area contributed by atoms with Gasteiger partial charge in [0.2, 0.25) is 0 Å². The lowest BCUT2D eigenvalue weighted by molar-refractivity contribution is -0.179. The number of aliphatic carboxylic acids is 1. The highest BCUT2D eigenvalue weighted by atomic mass is 19.4. The maximum Gasteiger partial charge on any atom is 0.420 e. The Morgan fingerprint density at radius 2 is 1.67 bits per heavy atom. The summed E-state index contributed by atoms with van der Waals surface area (Å²) in [6.07, 6.45) is -2.36. The first-order valence-electron chi connectivity index (χ1n) is 10.1. The Morgan fingerprint density at radius 3 is 2.27 bits per heavy atom. The number of nitrogens with zero attached hydrogens (tertiary/aromatic N) is 1. The maximum absolute atomic E-state index is 15.2. The Kier molecular flexibility index (Phi) is 5.61. The molecule has 0 bridgehead atoms. The van der Waals surface area contributed by atoms with Crippen LogP contribution < -0.4 is 4.90 Å². The molecule has 0 spiro atoms. The minimum absolute atomic E-state index is 0.0255. The molecule has 3 aromatic rings. The van der Waals surface area contributed by atoms with Gasteiger partial charge in [-0.25, -0.2) is 9.18 Å². The van der Waals surface area contributed by atoms with Gasteiger partial charge in [0.15, 0.2) is 5.54 Å². The van der Waals surface area contributed by atoms with Crippen LogP contribution in [0.3, 0.4) is 0 Å². The van der Waals surface area contributed by atoms with Crippen molar-refractivity contribution >= 4 is 17.7 Å². The van der Waals surface area contributed by atoms with Crippen molar-refractivity contribution in [1.82, 2.24) is 0 Å². The Balaban J connectivity index is 1.98. The third kappa shape index (κ3) is 3.92. The van der Waals surface area contributed by atoms with Crippen LogP contribution in [0.25, 0.3) is 6.08 Å². The molecule has 1 aliphatic heterocycles. The number of hydrogen-bond acceptors (Lipinski definition) is 3. The van der Waals surface area contributed by atoms with Crippen LogP contribution in [0, 0.1) is 5.82 Å². The average molecular weight is 457 g/mol. The normalized spacial score (nSPS) is 18.4. The second-order valence-electron chi connectivity index (χ2n) is 7.72. The van der Waals surface area contributed by atoms with Gasteiger partial charge in [-0.1, -0.05) is 30.3 Å². The van der Waals surface area contributed by atoms with Crippen molar-refractivity contribution in [2.24, 2.45) is 0 Å². The number of fused-ring (bicyclic) bond motifs is 1. The van der Waals surface area contributed by atoms with E-state index >= 15 is 13.2 Å². The highest BCUT2D eigenvalue weighted by Gasteiger charge is 2.63. The number of anilines is 1. The van der Waals surface area contributed by atoms with Crippen LogP contribution in [-0.2, 0) is 16.8 Å². The minimum Gasteiger partial charge on any atom is -0.508 e. The number of alkyl halides is 3. The van der Waals surface area contributed by atoms with E-state index in [1.165, 1.54) is 65.6 Å². The molecule has 0 saturated heterocycles. The van der Waals surface area contributed by atoms with Crippen molar-refractivity contribution in [2.75, 3.05) is 11.4 Å². The zero-order valence-electron chi connectivity index (χ0n) is 17.2. The molecule has 1 heterocycles. The molecule has 8 heteroatoms. The van der Waals surface area contributed by atoms with Crippen molar-refractivity contribution in [2.45, 2.75) is 18.1 Å². The molecule has 0 unspecified atom stereocenters. The summed E-state index contributed by atoms with van der Waals surface area (Å²) in [5, 5.41) is 18.7. The molecule has 4 rings (SSSR count). The number of aromatic hydroxyl groups is 1. The summed E-state index contributed by atoms with van der Waals surface area (Å²) in [4.78, 5) is 12.0. The SMILES string of the molecule is O=C(O)/C=C/c1ccc([C@@]2(C(F)(F)F)c3ccc(O)cc3CCN2c2ccc(F)cc2)cc1. The third-order valence-corrected chi connectivity index (χ3v) is 5.78. The molecule has 0 aliphatic carbocycles. The van der Waals surface area contributed by atoms with Gasteiger partial charge in [-0.3, -0.25) is 0 Å². The number of benzene rings is 3. The van der Waals surface area contributed by atoms with Gasteiger partial charge in [-0.15, -0.1) is 0 Å². The molecular formula is C25H19F4NO3. The summed E-state index contributed by atoms with van der Waals surface area (Å²) >= 11 is 0. The Hall–Kier alpha value is -3.81. The van der Waals surface area contributed by atoms with Crippen LogP contribution in [-0.4, -0.2) is 28.9 Å². The molecule has 3 aromatic carbocycles. The van der Waals surface area contributed by atoms with Crippen molar-refractivity contribution < 1.29 is 32.6 Å². The summed E-state index contributed by atoms with van der Waals surface area (Å²) in [6, 6.07) is 14.1. The molecule has 0 amide bonds. The maximum atomic E-state index is 15.2. The molecule has 33 heavy (non-hydrogen) atoms. The predicted molar refractivity (Wildman–Crippen MR) is 116 cm³/mol. The van der Waals surface area contributed by atoms with E-state index in [1.54, 1.807) is 0 Å². The fourth-order valence-corrected chi connectivity index (χ4v) is 4.41. The topological polar surface area (TPSA) is 60.8 Å². The number of phenols is 1. The Labute approximate surface area is 187 Å². The van der Waals surface area contributed by atoms with Gasteiger partial charge in [0.1, 0.15) is 11.6 Å². The van der Waals surface area contributed by atoms with Crippen LogP contribution in [0.1, 0.15) is 22.3 Å². The largest absolute Gasteiger partial charge is 0.508 e. The van der Waals surface area contributed by atoms with Crippen molar-refractivity contribution in [3.8, 4) is 5.75 Å². The van der Waals surface area contributed by atoms with Crippen LogP contribution in [0.2, 0.25) is 0 Å². The van der Waals surface area contributed by atoms with Gasteiger partial charge in [0.25, 0.3) is 0 Å². The summed E-state index contributed by atoms with van der Waals surface area (Å²) in [5.41, 5.74) is -1.74. The average Bonchev–Trinajstić information content (AvgIpc) is 2.77. The van der Waals surface area contributed by atoms with Crippen molar-refractivity contribution in [1.29, 1.82) is 0 Å². The first-order chi connectivity index (χ1) is 15.6. The smallest absolute Gasteiger partial charge is 0.420 e. The number of carboxylic acids is 1. The fraction of sp³-hybridized carbons (Fsp3) is 0.160. The van der Waals surface area contributed by atoms with E-state index < -0.39 is 23.5 Å². The summed E-state index contributed by atoms with van der Waals surface area (Å²) < 4.78 is 59.0. The molecule has 1 aliphatic rings. The summed E-state index contributed by atoms with van der Waals surface area (Å²) in [5.74, 6) is -1.86. The van der Waals surface area contributed by atoms with Crippen LogP contribution in [0.15, 0.2) is 72.8 Å². The fourth-order valence-electron chi connectivity index (χ4n) is 4.41. The monoisotopic (exact) mass is 457 g/mol. The molecule has 4 nitrogen and oxygen atoms in total. The lowest BCUT2D eigenvalue weighted by atomic mass is 9.74. The number of hydrogen-bond donors (Lipinski definition) is 2. The van der Waals surface area contributed by atoms with E-state index in [9.17, 15) is 14.3 Å². The second-order valence-corrected chi connectivity index (χ2v) is 7.72. The quantitative estimate of drug-likeness (QED) is 0.401. The molecule has 1 atom stereocenters. The van der Waals surface area contributed by atoms with Gasteiger partial charge < -0.3 is 15.1 Å². The number of carbonyl (C=O) groups is 1. The van der Waals surface area contributed by atoms with E-state index in [-0.39, 0.29) is 35.5 Å². The number of carboxylic acid groups (broad SMARTS) is 1. The standard InChI is InChI=1S/C25H19F4NO3/c26-19-6-8-20(9-7-19)30-14-13-17-15-21(31)10-11-22(17)24(30,25(27,28)29)18-4-1-16(2-5-18)3-12-23(32)33/h1-12,15,31H,13-14H2,(H,32,33)/b12-3+/t24-/m0/s1. The van der Waals surface area contributed by atoms with E-state index in [0.717, 1.165) is 18.2 Å². The van der Waals surface area contributed by atoms with E-state index in [0.29, 0.717) is 11.1 Å². The lowest BCUT2D eigenvalue weighted by Crippen LogP contribution is -2.60. The summed E-state index contributed by atoms with van der Waals surface area (Å²) in [6.45, 7) is -0.0255. The van der Waals surface area contributed by atoms with Crippen molar-refractivity contribution in [3.05, 3.63) is 101 Å². The van der Waals surface area contributed by atoms with Gasteiger partial charge in [-0.05, 0) is 71.1 Å². The van der Waals surface area contributed by atoms with Gasteiger partial charge >= 0.3 is 12.1 Å². The summed E-state index contributed by atoms with van der Waals surface area (Å²) in [7, 11) is 0. The molecule has 2 N–H and O–H groups in total. The number of phenolic OH excluding ortho intramolecular Hbond substituents is 1. The number of halogens is 4. The van der Waals surface area contributed by atoms with Gasteiger partial charge in [-0.2, -0.15) is 13.2 Å². The Morgan fingerprint density at radius 1 is 1.00 bits per heavy atom. The van der Waals surface area contributed by atoms with E-state index in [4.69, 9.17) is 5.11 Å². The predicted octanol–water partition coefficient (Wildman–Crippen LogP) is 5.50. The van der Waals surface area contributed by atoms with Crippen LogP contribution in [0.5, 0.6) is 5.75 Å². The van der Waals surface area contributed by atoms with Crippen LogP contribution >= 0.6 is 0 Å². The minimum atomic E-state index is -4.80. The molecule has 0 fully saturated rings. The highest BCUT2D eigenvalue weighted by Crippen LogP contribution is 2.53. The second kappa shape index (κ2) is 8.27. The van der Waals surface area contributed by atoms with Gasteiger partial charge in [0.05, 0.1) is 0 Å². The first kappa shape index (κ1) is 22.4. The van der Waals surface area contributed by atoms with Gasteiger partial charge in [0, 0.05) is 18.3 Å². The van der Waals surface area contributed by atoms with E-state index in [1.807, 2.05) is 0 Å². The third-order valence-electron chi connectivity index (χ3n) is 5.78. The molecule has 0 aromatic heterocycles.